The predicted octanol–water partition coefficient (Wildman–Crippen LogP) is 2.52. The van der Waals surface area contributed by atoms with Crippen LogP contribution in [0.4, 0.5) is 4.79 Å². The molecular formula is C12H24N2O. The topological polar surface area (TPSA) is 41.1 Å². The molecule has 2 unspecified atom stereocenters. The molecule has 1 aliphatic carbocycles. The molecule has 1 rings (SSSR count). The summed E-state index contributed by atoms with van der Waals surface area (Å²) in [7, 11) is 0. The lowest BCUT2D eigenvalue weighted by Gasteiger charge is -2.32. The van der Waals surface area contributed by atoms with E-state index < -0.39 is 0 Å². The highest BCUT2D eigenvalue weighted by atomic mass is 16.2. The minimum Gasteiger partial charge on any atom is -0.338 e. The first-order chi connectivity index (χ1) is 7.13. The van der Waals surface area contributed by atoms with Crippen LogP contribution in [0.1, 0.15) is 46.5 Å². The van der Waals surface area contributed by atoms with Crippen LogP contribution in [-0.2, 0) is 0 Å². The molecule has 1 fully saturated rings. The van der Waals surface area contributed by atoms with Crippen LogP contribution in [0, 0.1) is 11.8 Å². The second-order valence-corrected chi connectivity index (χ2v) is 4.87. The molecule has 15 heavy (non-hydrogen) atoms. The van der Waals surface area contributed by atoms with Crippen molar-refractivity contribution in [2.24, 2.45) is 11.8 Å². The quantitative estimate of drug-likeness (QED) is 0.741. The normalized spacial score (nSPS) is 26.4. The summed E-state index contributed by atoms with van der Waals surface area (Å²) in [5, 5.41) is 5.84. The average molecular weight is 212 g/mol. The summed E-state index contributed by atoms with van der Waals surface area (Å²) in [5.41, 5.74) is 0. The Bertz CT molecular complexity index is 204. The van der Waals surface area contributed by atoms with Crippen LogP contribution in [-0.4, -0.2) is 18.6 Å². The molecule has 3 nitrogen and oxygen atoms in total. The first-order valence-electron chi connectivity index (χ1n) is 6.17. The number of amides is 2. The minimum absolute atomic E-state index is 0.00749. The summed E-state index contributed by atoms with van der Waals surface area (Å²) >= 11 is 0. The number of hydrogen-bond donors (Lipinski definition) is 2. The molecule has 2 atom stereocenters. The van der Waals surface area contributed by atoms with Gasteiger partial charge in [0.05, 0.1) is 0 Å². The van der Waals surface area contributed by atoms with Crippen LogP contribution in [0.15, 0.2) is 0 Å². The number of urea groups is 1. The first-order valence-corrected chi connectivity index (χ1v) is 6.17. The standard InChI is InChI=1S/C12H24N2O/c1-4-13-12(15)14-11-7-5-6-10(8-11)9(2)3/h9-11H,4-8H2,1-3H3,(H2,13,14,15). The molecule has 2 N–H and O–H groups in total. The van der Waals surface area contributed by atoms with Gasteiger partial charge in [-0.1, -0.05) is 26.7 Å². The van der Waals surface area contributed by atoms with Gasteiger partial charge >= 0.3 is 6.03 Å². The van der Waals surface area contributed by atoms with Gasteiger partial charge in [0.2, 0.25) is 0 Å². The molecule has 0 aliphatic heterocycles. The third kappa shape index (κ3) is 4.10. The lowest BCUT2D eigenvalue weighted by atomic mass is 9.79. The van der Waals surface area contributed by atoms with Gasteiger partial charge in [-0.15, -0.1) is 0 Å². The Balaban J connectivity index is 2.33. The fourth-order valence-corrected chi connectivity index (χ4v) is 2.36. The van der Waals surface area contributed by atoms with E-state index in [0.29, 0.717) is 12.6 Å². The van der Waals surface area contributed by atoms with E-state index in [-0.39, 0.29) is 6.03 Å². The monoisotopic (exact) mass is 212 g/mol. The number of hydrogen-bond acceptors (Lipinski definition) is 1. The SMILES string of the molecule is CCNC(=O)NC1CCCC(C(C)C)C1. The van der Waals surface area contributed by atoms with Gasteiger partial charge in [-0.25, -0.2) is 4.79 Å². The molecule has 0 spiro atoms. The molecule has 2 amide bonds. The molecule has 0 heterocycles. The molecule has 0 aromatic rings. The van der Waals surface area contributed by atoms with E-state index >= 15 is 0 Å². The van der Waals surface area contributed by atoms with Crippen molar-refractivity contribution in [2.75, 3.05) is 6.54 Å². The highest BCUT2D eigenvalue weighted by Crippen LogP contribution is 2.29. The average Bonchev–Trinajstić information content (AvgIpc) is 2.18. The Morgan fingerprint density at radius 3 is 2.73 bits per heavy atom. The van der Waals surface area contributed by atoms with Gasteiger partial charge in [-0.05, 0) is 31.6 Å². The largest absolute Gasteiger partial charge is 0.338 e. The Labute approximate surface area is 93.0 Å². The van der Waals surface area contributed by atoms with Gasteiger partial charge in [0.15, 0.2) is 0 Å². The van der Waals surface area contributed by atoms with Crippen LogP contribution in [0.3, 0.4) is 0 Å². The van der Waals surface area contributed by atoms with Gasteiger partial charge in [-0.2, -0.15) is 0 Å². The number of nitrogens with one attached hydrogen (secondary N) is 2. The number of carbonyl (C=O) groups is 1. The van der Waals surface area contributed by atoms with Crippen LogP contribution in [0.2, 0.25) is 0 Å². The van der Waals surface area contributed by atoms with Crippen molar-refractivity contribution in [1.29, 1.82) is 0 Å². The highest BCUT2D eigenvalue weighted by Gasteiger charge is 2.24. The van der Waals surface area contributed by atoms with Crippen LogP contribution < -0.4 is 10.6 Å². The zero-order valence-corrected chi connectivity index (χ0v) is 10.2. The second kappa shape index (κ2) is 5.99. The third-order valence-corrected chi connectivity index (χ3v) is 3.33. The Hall–Kier alpha value is -0.730. The van der Waals surface area contributed by atoms with Crippen LogP contribution >= 0.6 is 0 Å². The molecule has 0 bridgehead atoms. The van der Waals surface area contributed by atoms with Gasteiger partial charge in [-0.3, -0.25) is 0 Å². The van der Waals surface area contributed by atoms with Gasteiger partial charge in [0, 0.05) is 12.6 Å². The molecular weight excluding hydrogens is 188 g/mol. The maximum absolute atomic E-state index is 11.4. The molecule has 0 aromatic carbocycles. The van der Waals surface area contributed by atoms with E-state index in [4.69, 9.17) is 0 Å². The Morgan fingerprint density at radius 2 is 2.13 bits per heavy atom. The maximum Gasteiger partial charge on any atom is 0.314 e. The molecule has 88 valence electrons. The van der Waals surface area contributed by atoms with E-state index in [2.05, 4.69) is 24.5 Å². The molecule has 0 radical (unpaired) electrons. The van der Waals surface area contributed by atoms with E-state index in [1.807, 2.05) is 6.92 Å². The molecule has 0 aromatic heterocycles. The Morgan fingerprint density at radius 1 is 1.40 bits per heavy atom. The van der Waals surface area contributed by atoms with Crippen LogP contribution in [0.25, 0.3) is 0 Å². The maximum atomic E-state index is 11.4. The summed E-state index contributed by atoms with van der Waals surface area (Å²) in [6, 6.07) is 0.379. The van der Waals surface area contributed by atoms with Crippen molar-refractivity contribution in [1.82, 2.24) is 10.6 Å². The molecule has 1 aliphatic rings. The van der Waals surface area contributed by atoms with Crippen LogP contribution in [0.5, 0.6) is 0 Å². The van der Waals surface area contributed by atoms with Crippen molar-refractivity contribution in [3.63, 3.8) is 0 Å². The summed E-state index contributed by atoms with van der Waals surface area (Å²) in [6.45, 7) is 7.20. The fourth-order valence-electron chi connectivity index (χ4n) is 2.36. The highest BCUT2D eigenvalue weighted by molar-refractivity contribution is 5.74. The summed E-state index contributed by atoms with van der Waals surface area (Å²) in [4.78, 5) is 11.4. The minimum atomic E-state index is -0.00749. The summed E-state index contributed by atoms with van der Waals surface area (Å²) in [6.07, 6.45) is 4.86. The van der Waals surface area contributed by atoms with E-state index in [9.17, 15) is 4.79 Å². The van der Waals surface area contributed by atoms with Crippen molar-refractivity contribution < 1.29 is 4.79 Å². The van der Waals surface area contributed by atoms with E-state index in [1.165, 1.54) is 12.8 Å². The van der Waals surface area contributed by atoms with Gasteiger partial charge < -0.3 is 10.6 Å². The molecule has 3 heteroatoms. The van der Waals surface area contributed by atoms with E-state index in [1.54, 1.807) is 0 Å². The van der Waals surface area contributed by atoms with E-state index in [0.717, 1.165) is 24.7 Å². The lowest BCUT2D eigenvalue weighted by molar-refractivity contribution is 0.212. The zero-order chi connectivity index (χ0) is 11.3. The fraction of sp³-hybridized carbons (Fsp3) is 0.917. The lowest BCUT2D eigenvalue weighted by Crippen LogP contribution is -2.44. The number of rotatable bonds is 3. The van der Waals surface area contributed by atoms with Gasteiger partial charge in [0.1, 0.15) is 0 Å². The molecule has 0 saturated heterocycles. The van der Waals surface area contributed by atoms with Crippen molar-refractivity contribution in [3.05, 3.63) is 0 Å². The summed E-state index contributed by atoms with van der Waals surface area (Å²) < 4.78 is 0. The van der Waals surface area contributed by atoms with Gasteiger partial charge in [0.25, 0.3) is 0 Å². The Kier molecular flexibility index (Phi) is 4.92. The zero-order valence-electron chi connectivity index (χ0n) is 10.2. The number of carbonyl (C=O) groups excluding carboxylic acids is 1. The third-order valence-electron chi connectivity index (χ3n) is 3.33. The summed E-state index contributed by atoms with van der Waals surface area (Å²) in [5.74, 6) is 1.52. The van der Waals surface area contributed by atoms with Crippen molar-refractivity contribution >= 4 is 6.03 Å². The first kappa shape index (κ1) is 12.3. The van der Waals surface area contributed by atoms with Crippen molar-refractivity contribution in [3.8, 4) is 0 Å². The second-order valence-electron chi connectivity index (χ2n) is 4.87. The predicted molar refractivity (Wildman–Crippen MR) is 62.8 cm³/mol. The smallest absolute Gasteiger partial charge is 0.314 e. The molecule has 1 saturated carbocycles. The van der Waals surface area contributed by atoms with Crippen molar-refractivity contribution in [2.45, 2.75) is 52.5 Å².